The molecule has 0 fully saturated rings. The third-order valence-corrected chi connectivity index (χ3v) is 2.66. The van der Waals surface area contributed by atoms with Crippen LogP contribution in [-0.2, 0) is 6.54 Å². The van der Waals surface area contributed by atoms with E-state index >= 15 is 0 Å². The van der Waals surface area contributed by atoms with Gasteiger partial charge in [0.15, 0.2) is 0 Å². The molecule has 0 aliphatic carbocycles. The maximum Gasteiger partial charge on any atom is 0.0230 e. The molecule has 2 heteroatoms. The van der Waals surface area contributed by atoms with Crippen LogP contribution in [0.2, 0.25) is 0 Å². The van der Waals surface area contributed by atoms with Gasteiger partial charge in [0.25, 0.3) is 0 Å². The van der Waals surface area contributed by atoms with Gasteiger partial charge in [0.05, 0.1) is 0 Å². The Morgan fingerprint density at radius 2 is 1.81 bits per heavy atom. The lowest BCUT2D eigenvalue weighted by molar-refractivity contribution is 0.303. The molecule has 0 atom stereocenters. The molecule has 0 saturated heterocycles. The summed E-state index contributed by atoms with van der Waals surface area (Å²) < 4.78 is 0. The predicted octanol–water partition coefficient (Wildman–Crippen LogP) is 2.64. The predicted molar refractivity (Wildman–Crippen MR) is 70.3 cm³/mol. The van der Waals surface area contributed by atoms with E-state index in [1.54, 1.807) is 0 Å². The molecule has 0 aliphatic heterocycles. The van der Waals surface area contributed by atoms with Crippen molar-refractivity contribution in [1.29, 1.82) is 0 Å². The van der Waals surface area contributed by atoms with Crippen molar-refractivity contribution in [3.8, 4) is 0 Å². The molecule has 0 heterocycles. The Morgan fingerprint density at radius 1 is 1.19 bits per heavy atom. The van der Waals surface area contributed by atoms with Crippen molar-refractivity contribution in [1.82, 2.24) is 4.90 Å². The highest BCUT2D eigenvalue weighted by Crippen LogP contribution is 2.09. The van der Waals surface area contributed by atoms with Crippen LogP contribution < -0.4 is 5.73 Å². The topological polar surface area (TPSA) is 29.3 Å². The van der Waals surface area contributed by atoms with Gasteiger partial charge in [-0.3, -0.25) is 0 Å². The Morgan fingerprint density at radius 3 is 2.38 bits per heavy atom. The van der Waals surface area contributed by atoms with Crippen LogP contribution in [0.15, 0.2) is 30.3 Å². The molecular weight excluding hydrogens is 196 g/mol. The molecule has 0 amide bonds. The Hall–Kier alpha value is -0.860. The number of rotatable bonds is 6. The van der Waals surface area contributed by atoms with E-state index in [2.05, 4.69) is 56.1 Å². The van der Waals surface area contributed by atoms with E-state index in [1.165, 1.54) is 5.56 Å². The summed E-state index contributed by atoms with van der Waals surface area (Å²) in [4.78, 5) is 2.35. The molecule has 1 aromatic carbocycles. The largest absolute Gasteiger partial charge is 0.326 e. The first kappa shape index (κ1) is 13.2. The smallest absolute Gasteiger partial charge is 0.0230 e. The van der Waals surface area contributed by atoms with Crippen molar-refractivity contribution in [3.63, 3.8) is 0 Å². The van der Waals surface area contributed by atoms with Crippen molar-refractivity contribution >= 4 is 0 Å². The van der Waals surface area contributed by atoms with E-state index in [0.717, 1.165) is 25.9 Å². The monoisotopic (exact) mass is 220 g/mol. The summed E-state index contributed by atoms with van der Waals surface area (Å²) in [5.41, 5.74) is 7.29. The van der Waals surface area contributed by atoms with Gasteiger partial charge in [-0.2, -0.15) is 0 Å². The van der Waals surface area contributed by atoms with Gasteiger partial charge in [0, 0.05) is 12.1 Å². The number of hydrogen-bond donors (Lipinski definition) is 1. The second-order valence-corrected chi connectivity index (χ2v) is 5.32. The minimum absolute atomic E-state index is 0.0341. The van der Waals surface area contributed by atoms with Crippen LogP contribution in [0, 0.1) is 0 Å². The highest BCUT2D eigenvalue weighted by molar-refractivity contribution is 5.14. The highest BCUT2D eigenvalue weighted by atomic mass is 15.1. The van der Waals surface area contributed by atoms with Crippen LogP contribution in [0.1, 0.15) is 32.3 Å². The van der Waals surface area contributed by atoms with Crippen LogP contribution in [0.25, 0.3) is 0 Å². The zero-order valence-electron chi connectivity index (χ0n) is 10.7. The fourth-order valence-corrected chi connectivity index (χ4v) is 1.78. The summed E-state index contributed by atoms with van der Waals surface area (Å²) in [7, 11) is 2.16. The molecule has 0 radical (unpaired) electrons. The van der Waals surface area contributed by atoms with Gasteiger partial charge >= 0.3 is 0 Å². The number of nitrogens with two attached hydrogens (primary N) is 1. The average Bonchev–Trinajstić information content (AvgIpc) is 2.17. The molecule has 2 N–H and O–H groups in total. The number of nitrogens with zero attached hydrogens (tertiary/aromatic N) is 1. The van der Waals surface area contributed by atoms with Gasteiger partial charge in [-0.15, -0.1) is 0 Å². The van der Waals surface area contributed by atoms with Crippen LogP contribution in [-0.4, -0.2) is 24.0 Å². The van der Waals surface area contributed by atoms with Crippen molar-refractivity contribution in [3.05, 3.63) is 35.9 Å². The second-order valence-electron chi connectivity index (χ2n) is 5.32. The summed E-state index contributed by atoms with van der Waals surface area (Å²) in [5.74, 6) is 0. The summed E-state index contributed by atoms with van der Waals surface area (Å²) >= 11 is 0. The van der Waals surface area contributed by atoms with Crippen LogP contribution in [0.4, 0.5) is 0 Å². The minimum Gasteiger partial charge on any atom is -0.326 e. The van der Waals surface area contributed by atoms with Gasteiger partial charge < -0.3 is 10.6 Å². The van der Waals surface area contributed by atoms with Crippen LogP contribution in [0.5, 0.6) is 0 Å². The maximum absolute atomic E-state index is 5.96. The van der Waals surface area contributed by atoms with Crippen molar-refractivity contribution in [2.75, 3.05) is 13.6 Å². The SMILES string of the molecule is CN(CCCC(C)(C)N)Cc1ccccc1. The first-order valence-electron chi connectivity index (χ1n) is 5.99. The van der Waals surface area contributed by atoms with Crippen LogP contribution in [0.3, 0.4) is 0 Å². The Kier molecular flexibility index (Phi) is 4.97. The molecule has 2 nitrogen and oxygen atoms in total. The number of benzene rings is 1. The number of hydrogen-bond acceptors (Lipinski definition) is 2. The molecule has 0 unspecified atom stereocenters. The van der Waals surface area contributed by atoms with E-state index in [9.17, 15) is 0 Å². The second kappa shape index (κ2) is 6.02. The zero-order chi connectivity index (χ0) is 12.0. The minimum atomic E-state index is -0.0341. The molecule has 0 aliphatic rings. The average molecular weight is 220 g/mol. The summed E-state index contributed by atoms with van der Waals surface area (Å²) in [5, 5.41) is 0. The molecule has 0 aromatic heterocycles. The molecule has 1 rings (SSSR count). The molecule has 16 heavy (non-hydrogen) atoms. The Balaban J connectivity index is 2.24. The van der Waals surface area contributed by atoms with E-state index in [0.29, 0.717) is 0 Å². The van der Waals surface area contributed by atoms with E-state index in [4.69, 9.17) is 5.73 Å². The first-order valence-corrected chi connectivity index (χ1v) is 5.99. The molecule has 1 aromatic rings. The summed E-state index contributed by atoms with van der Waals surface area (Å²) in [6.07, 6.45) is 2.24. The third-order valence-electron chi connectivity index (χ3n) is 2.66. The van der Waals surface area contributed by atoms with E-state index in [1.807, 2.05) is 0 Å². The Labute approximate surface area is 99.5 Å². The van der Waals surface area contributed by atoms with Crippen molar-refractivity contribution < 1.29 is 0 Å². The molecule has 0 spiro atoms. The maximum atomic E-state index is 5.96. The lowest BCUT2D eigenvalue weighted by Crippen LogP contribution is -2.33. The summed E-state index contributed by atoms with van der Waals surface area (Å²) in [6, 6.07) is 10.6. The van der Waals surface area contributed by atoms with Crippen LogP contribution >= 0.6 is 0 Å². The third kappa shape index (κ3) is 5.89. The fraction of sp³-hybridized carbons (Fsp3) is 0.571. The van der Waals surface area contributed by atoms with E-state index < -0.39 is 0 Å². The van der Waals surface area contributed by atoms with Crippen molar-refractivity contribution in [2.24, 2.45) is 5.73 Å². The molecule has 0 bridgehead atoms. The summed E-state index contributed by atoms with van der Waals surface area (Å²) in [6.45, 7) is 6.30. The lowest BCUT2D eigenvalue weighted by atomic mass is 10.00. The van der Waals surface area contributed by atoms with Gasteiger partial charge in [0.2, 0.25) is 0 Å². The van der Waals surface area contributed by atoms with E-state index in [-0.39, 0.29) is 5.54 Å². The quantitative estimate of drug-likeness (QED) is 0.798. The molecule has 90 valence electrons. The highest BCUT2D eigenvalue weighted by Gasteiger charge is 2.10. The van der Waals surface area contributed by atoms with Gasteiger partial charge in [0.1, 0.15) is 0 Å². The van der Waals surface area contributed by atoms with Gasteiger partial charge in [-0.1, -0.05) is 30.3 Å². The van der Waals surface area contributed by atoms with Gasteiger partial charge in [-0.05, 0) is 45.8 Å². The lowest BCUT2D eigenvalue weighted by Gasteiger charge is -2.21. The van der Waals surface area contributed by atoms with Crippen molar-refractivity contribution in [2.45, 2.75) is 38.8 Å². The Bertz CT molecular complexity index is 287. The normalized spacial score (nSPS) is 12.1. The molecule has 0 saturated carbocycles. The first-order chi connectivity index (χ1) is 7.47. The van der Waals surface area contributed by atoms with Gasteiger partial charge in [-0.25, -0.2) is 0 Å². The standard InChI is InChI=1S/C14H24N2/c1-14(2,15)10-7-11-16(3)12-13-8-5-4-6-9-13/h4-6,8-9H,7,10-12,15H2,1-3H3. The molecular formula is C14H24N2. The fourth-order valence-electron chi connectivity index (χ4n) is 1.78. The zero-order valence-corrected chi connectivity index (χ0v) is 10.7.